The van der Waals surface area contributed by atoms with E-state index in [0.29, 0.717) is 6.42 Å². The number of aliphatic hydroxyl groups excluding tert-OH is 1. The second-order valence-electron chi connectivity index (χ2n) is 8.28. The lowest BCUT2D eigenvalue weighted by Gasteiger charge is -2.38. The molecule has 0 bridgehead atoms. The van der Waals surface area contributed by atoms with E-state index in [1.807, 2.05) is 32.0 Å². The van der Waals surface area contributed by atoms with Crippen molar-refractivity contribution in [2.45, 2.75) is 57.5 Å². The molecule has 29 heavy (non-hydrogen) atoms. The molecule has 0 aliphatic carbocycles. The number of ether oxygens (including phenoxy) is 2. The molecule has 3 atom stereocenters. The van der Waals surface area contributed by atoms with Gasteiger partial charge in [-0.2, -0.15) is 0 Å². The summed E-state index contributed by atoms with van der Waals surface area (Å²) in [6, 6.07) is 8.19. The zero-order chi connectivity index (χ0) is 20.8. The van der Waals surface area contributed by atoms with Gasteiger partial charge in [0.1, 0.15) is 5.75 Å². The van der Waals surface area contributed by atoms with Crippen molar-refractivity contribution in [1.29, 1.82) is 0 Å². The van der Waals surface area contributed by atoms with Gasteiger partial charge in [0.25, 0.3) is 5.91 Å². The molecule has 2 heterocycles. The van der Waals surface area contributed by atoms with Crippen LogP contribution in [0.5, 0.6) is 5.75 Å². The number of hydrogen-bond acceptors (Lipinski definition) is 6. The SMILES string of the molecule is COc1ccccc1N1CCN(CCC2CCC(O)C(C(=O)NC(C)C)O2)CC1. The van der Waals surface area contributed by atoms with Crippen LogP contribution in [0.25, 0.3) is 0 Å². The average Bonchev–Trinajstić information content (AvgIpc) is 2.73. The molecule has 1 aromatic carbocycles. The number of amides is 1. The van der Waals surface area contributed by atoms with Gasteiger partial charge in [0.05, 0.1) is 25.0 Å². The molecular weight excluding hydrogens is 370 g/mol. The highest BCUT2D eigenvalue weighted by molar-refractivity contribution is 5.81. The van der Waals surface area contributed by atoms with E-state index >= 15 is 0 Å². The first kappa shape index (κ1) is 21.9. The monoisotopic (exact) mass is 405 g/mol. The molecule has 0 aromatic heterocycles. The van der Waals surface area contributed by atoms with E-state index in [4.69, 9.17) is 9.47 Å². The third-order valence-electron chi connectivity index (χ3n) is 5.73. The Kier molecular flexibility index (Phi) is 7.75. The number of hydrogen-bond donors (Lipinski definition) is 2. The molecule has 2 saturated heterocycles. The van der Waals surface area contributed by atoms with Crippen LogP contribution in [0, 0.1) is 0 Å². The normalized spacial score (nSPS) is 25.8. The van der Waals surface area contributed by atoms with Gasteiger partial charge in [-0.05, 0) is 45.2 Å². The van der Waals surface area contributed by atoms with E-state index in [9.17, 15) is 9.90 Å². The average molecular weight is 406 g/mol. The predicted molar refractivity (Wildman–Crippen MR) is 113 cm³/mol. The number of carbonyl (C=O) groups is 1. The number of aliphatic hydroxyl groups is 1. The molecule has 2 fully saturated rings. The zero-order valence-electron chi connectivity index (χ0n) is 17.8. The highest BCUT2D eigenvalue weighted by Gasteiger charge is 2.35. The van der Waals surface area contributed by atoms with Crippen molar-refractivity contribution < 1.29 is 19.4 Å². The number of nitrogens with zero attached hydrogens (tertiary/aromatic N) is 2. The summed E-state index contributed by atoms with van der Waals surface area (Å²) in [5.74, 6) is 0.712. The van der Waals surface area contributed by atoms with Crippen LogP contribution in [0.3, 0.4) is 0 Å². The summed E-state index contributed by atoms with van der Waals surface area (Å²) in [5, 5.41) is 13.0. The van der Waals surface area contributed by atoms with E-state index in [1.165, 1.54) is 0 Å². The van der Waals surface area contributed by atoms with Crippen molar-refractivity contribution in [3.05, 3.63) is 24.3 Å². The molecule has 0 spiro atoms. The minimum absolute atomic E-state index is 0.0218. The molecule has 2 aliphatic rings. The van der Waals surface area contributed by atoms with E-state index in [1.54, 1.807) is 7.11 Å². The number of nitrogens with one attached hydrogen (secondary N) is 1. The lowest BCUT2D eigenvalue weighted by molar-refractivity contribution is -0.159. The molecule has 7 heteroatoms. The van der Waals surface area contributed by atoms with E-state index in [0.717, 1.165) is 57.0 Å². The number of piperazine rings is 1. The van der Waals surface area contributed by atoms with Crippen LogP contribution < -0.4 is 15.0 Å². The Morgan fingerprint density at radius 3 is 2.66 bits per heavy atom. The summed E-state index contributed by atoms with van der Waals surface area (Å²) >= 11 is 0. The van der Waals surface area contributed by atoms with Crippen molar-refractivity contribution in [2.24, 2.45) is 0 Å². The molecule has 0 radical (unpaired) electrons. The van der Waals surface area contributed by atoms with Gasteiger partial charge in [-0.1, -0.05) is 12.1 Å². The van der Waals surface area contributed by atoms with Gasteiger partial charge < -0.3 is 24.8 Å². The maximum absolute atomic E-state index is 12.3. The first-order valence-electron chi connectivity index (χ1n) is 10.7. The Balaban J connectivity index is 1.45. The van der Waals surface area contributed by atoms with Gasteiger partial charge in [0, 0.05) is 38.8 Å². The molecule has 3 unspecified atom stereocenters. The van der Waals surface area contributed by atoms with Crippen molar-refractivity contribution in [1.82, 2.24) is 10.2 Å². The van der Waals surface area contributed by atoms with E-state index in [-0.39, 0.29) is 18.1 Å². The smallest absolute Gasteiger partial charge is 0.252 e. The van der Waals surface area contributed by atoms with Gasteiger partial charge in [-0.25, -0.2) is 0 Å². The molecule has 1 aromatic rings. The minimum atomic E-state index is -0.751. The third-order valence-corrected chi connectivity index (χ3v) is 5.73. The molecule has 3 rings (SSSR count). The lowest BCUT2D eigenvalue weighted by Crippen LogP contribution is -2.51. The molecule has 2 aliphatic heterocycles. The topological polar surface area (TPSA) is 74.3 Å². The number of carbonyl (C=O) groups excluding carboxylic acids is 1. The van der Waals surface area contributed by atoms with E-state index in [2.05, 4.69) is 21.2 Å². The van der Waals surface area contributed by atoms with Gasteiger partial charge in [0.15, 0.2) is 6.10 Å². The highest BCUT2D eigenvalue weighted by atomic mass is 16.5. The fourth-order valence-electron chi connectivity index (χ4n) is 4.12. The summed E-state index contributed by atoms with van der Waals surface area (Å²) in [6.45, 7) is 8.67. The van der Waals surface area contributed by atoms with Crippen LogP contribution in [0.4, 0.5) is 5.69 Å². The largest absolute Gasteiger partial charge is 0.495 e. The minimum Gasteiger partial charge on any atom is -0.495 e. The van der Waals surface area contributed by atoms with Crippen LogP contribution in [-0.2, 0) is 9.53 Å². The molecular formula is C22H35N3O4. The maximum Gasteiger partial charge on any atom is 0.252 e. The van der Waals surface area contributed by atoms with Crippen LogP contribution in [-0.4, -0.2) is 80.1 Å². The lowest BCUT2D eigenvalue weighted by atomic mass is 9.98. The third kappa shape index (κ3) is 5.84. The summed E-state index contributed by atoms with van der Waals surface area (Å²) in [4.78, 5) is 17.1. The van der Waals surface area contributed by atoms with Crippen molar-refractivity contribution in [3.8, 4) is 5.75 Å². The molecule has 7 nitrogen and oxygen atoms in total. The Morgan fingerprint density at radius 1 is 1.24 bits per heavy atom. The molecule has 0 saturated carbocycles. The van der Waals surface area contributed by atoms with Crippen LogP contribution in [0.2, 0.25) is 0 Å². The molecule has 162 valence electrons. The summed E-state index contributed by atoms with van der Waals surface area (Å²) in [6.07, 6.45) is 0.852. The van der Waals surface area contributed by atoms with Crippen molar-refractivity contribution >= 4 is 11.6 Å². The summed E-state index contributed by atoms with van der Waals surface area (Å²) in [5.41, 5.74) is 1.15. The molecule has 1 amide bonds. The first-order valence-corrected chi connectivity index (χ1v) is 10.7. The second-order valence-corrected chi connectivity index (χ2v) is 8.28. The number of methoxy groups -OCH3 is 1. The zero-order valence-corrected chi connectivity index (χ0v) is 17.8. The molecule has 2 N–H and O–H groups in total. The fourth-order valence-corrected chi connectivity index (χ4v) is 4.12. The van der Waals surface area contributed by atoms with E-state index < -0.39 is 12.2 Å². The Morgan fingerprint density at radius 2 is 1.97 bits per heavy atom. The Bertz CT molecular complexity index is 661. The van der Waals surface area contributed by atoms with Crippen LogP contribution >= 0.6 is 0 Å². The number of anilines is 1. The number of benzene rings is 1. The van der Waals surface area contributed by atoms with Crippen molar-refractivity contribution in [2.75, 3.05) is 44.7 Å². The van der Waals surface area contributed by atoms with Crippen LogP contribution in [0.1, 0.15) is 33.1 Å². The van der Waals surface area contributed by atoms with Gasteiger partial charge >= 0.3 is 0 Å². The van der Waals surface area contributed by atoms with Crippen molar-refractivity contribution in [3.63, 3.8) is 0 Å². The van der Waals surface area contributed by atoms with Gasteiger partial charge in [-0.15, -0.1) is 0 Å². The van der Waals surface area contributed by atoms with Gasteiger partial charge in [-0.3, -0.25) is 9.69 Å². The fraction of sp³-hybridized carbons (Fsp3) is 0.682. The highest BCUT2D eigenvalue weighted by Crippen LogP contribution is 2.28. The second kappa shape index (κ2) is 10.3. The quantitative estimate of drug-likeness (QED) is 0.719. The number of para-hydroxylation sites is 2. The van der Waals surface area contributed by atoms with Crippen LogP contribution in [0.15, 0.2) is 24.3 Å². The Hall–Kier alpha value is -1.83. The summed E-state index contributed by atoms with van der Waals surface area (Å²) < 4.78 is 11.4. The number of rotatable bonds is 7. The Labute approximate surface area is 174 Å². The maximum atomic E-state index is 12.3. The predicted octanol–water partition coefficient (Wildman–Crippen LogP) is 1.64. The first-order chi connectivity index (χ1) is 14.0. The van der Waals surface area contributed by atoms with Gasteiger partial charge in [0.2, 0.25) is 0 Å². The summed E-state index contributed by atoms with van der Waals surface area (Å²) in [7, 11) is 1.71. The standard InChI is InChI=1S/C22H35N3O4/c1-16(2)23-22(27)21-19(26)9-8-17(29-21)10-11-24-12-14-25(15-13-24)18-6-4-5-7-20(18)28-3/h4-7,16-17,19,21,26H,8-15H2,1-3H3,(H,23,27).